The van der Waals surface area contributed by atoms with Crippen molar-refractivity contribution in [2.75, 3.05) is 0 Å². The minimum absolute atomic E-state index is 0.442. The highest BCUT2D eigenvalue weighted by molar-refractivity contribution is 5.73. The molecular weight excluding hydrogens is 208 g/mol. The second-order valence-corrected chi connectivity index (χ2v) is 4.88. The largest absolute Gasteiger partial charge is 0.460 e. The zero-order chi connectivity index (χ0) is 12.9. The summed E-state index contributed by atoms with van der Waals surface area (Å²) in [7, 11) is 0. The second kappa shape index (κ2) is 6.21. The van der Waals surface area contributed by atoms with Crippen molar-refractivity contribution in [3.05, 3.63) is 0 Å². The maximum Gasteiger partial charge on any atom is 0.312 e. The first-order chi connectivity index (χ1) is 7.20. The molecule has 0 saturated heterocycles. The Hall–Kier alpha value is -0.610. The molecule has 4 heteroatoms. The average molecular weight is 232 g/mol. The van der Waals surface area contributed by atoms with E-state index in [-0.39, 0.29) is 0 Å². The summed E-state index contributed by atoms with van der Waals surface area (Å²) in [5.74, 6) is -0.985. The zero-order valence-corrected chi connectivity index (χ0v) is 10.9. The summed E-state index contributed by atoms with van der Waals surface area (Å²) in [6.45, 7) is 8.35. The summed E-state index contributed by atoms with van der Waals surface area (Å²) in [4.78, 5) is 11.8. The highest BCUT2D eigenvalue weighted by Crippen LogP contribution is 2.23. The molecule has 0 rings (SSSR count). The molecule has 0 aliphatic rings. The number of hydrogen-bond donors (Lipinski definition) is 2. The van der Waals surface area contributed by atoms with Crippen LogP contribution in [-0.2, 0) is 9.53 Å². The van der Waals surface area contributed by atoms with Crippen LogP contribution in [0.15, 0.2) is 0 Å². The van der Waals surface area contributed by atoms with Crippen molar-refractivity contribution >= 4 is 5.97 Å². The lowest BCUT2D eigenvalue weighted by atomic mass is 9.87. The molecule has 0 bridgehead atoms. The van der Waals surface area contributed by atoms with Crippen molar-refractivity contribution < 1.29 is 19.7 Å². The van der Waals surface area contributed by atoms with Crippen LogP contribution < -0.4 is 0 Å². The minimum atomic E-state index is -1.09. The van der Waals surface area contributed by atoms with Gasteiger partial charge in [-0.1, -0.05) is 13.3 Å². The van der Waals surface area contributed by atoms with Gasteiger partial charge in [0.1, 0.15) is 6.10 Å². The maximum absolute atomic E-state index is 11.8. The fraction of sp³-hybridized carbons (Fsp3) is 0.917. The summed E-state index contributed by atoms with van der Waals surface area (Å²) in [6, 6.07) is 0. The number of hydrogen-bond acceptors (Lipinski definition) is 4. The van der Waals surface area contributed by atoms with E-state index in [2.05, 4.69) is 0 Å². The Morgan fingerprint density at radius 2 is 1.88 bits per heavy atom. The molecule has 2 N–H and O–H groups in total. The predicted octanol–water partition coefficient (Wildman–Crippen LogP) is 1.49. The lowest BCUT2D eigenvalue weighted by Crippen LogP contribution is -2.40. The van der Waals surface area contributed by atoms with Crippen LogP contribution in [0.3, 0.4) is 0 Å². The topological polar surface area (TPSA) is 66.8 Å². The van der Waals surface area contributed by atoms with Crippen LogP contribution in [0.5, 0.6) is 0 Å². The van der Waals surface area contributed by atoms with Gasteiger partial charge in [-0.15, -0.1) is 0 Å². The number of aliphatic hydroxyl groups is 2. The van der Waals surface area contributed by atoms with Crippen LogP contribution in [-0.4, -0.2) is 34.0 Å². The van der Waals surface area contributed by atoms with Crippen molar-refractivity contribution in [1.82, 2.24) is 0 Å². The Kier molecular flexibility index (Phi) is 5.97. The van der Waals surface area contributed by atoms with Crippen molar-refractivity contribution in [2.45, 2.75) is 65.3 Å². The van der Waals surface area contributed by atoms with Crippen molar-refractivity contribution in [2.24, 2.45) is 5.92 Å². The third-order valence-corrected chi connectivity index (χ3v) is 2.70. The van der Waals surface area contributed by atoms with E-state index in [4.69, 9.17) is 4.74 Å². The van der Waals surface area contributed by atoms with Gasteiger partial charge in [-0.25, -0.2) is 0 Å². The normalized spacial score (nSPS) is 17.7. The number of aliphatic hydroxyl groups excluding tert-OH is 1. The van der Waals surface area contributed by atoms with Gasteiger partial charge in [-0.3, -0.25) is 4.79 Å². The van der Waals surface area contributed by atoms with Crippen LogP contribution in [0.2, 0.25) is 0 Å². The van der Waals surface area contributed by atoms with Crippen molar-refractivity contribution in [1.29, 1.82) is 0 Å². The number of rotatable bonds is 6. The first-order valence-corrected chi connectivity index (χ1v) is 5.81. The van der Waals surface area contributed by atoms with Crippen LogP contribution in [0.1, 0.15) is 47.5 Å². The van der Waals surface area contributed by atoms with Crippen molar-refractivity contribution in [3.63, 3.8) is 0 Å². The summed E-state index contributed by atoms with van der Waals surface area (Å²) in [5, 5.41) is 19.1. The Morgan fingerprint density at radius 1 is 1.38 bits per heavy atom. The lowest BCUT2D eigenvalue weighted by Gasteiger charge is -2.29. The van der Waals surface area contributed by atoms with E-state index in [1.807, 2.05) is 6.92 Å². The first-order valence-electron chi connectivity index (χ1n) is 5.81. The van der Waals surface area contributed by atoms with Gasteiger partial charge in [0.2, 0.25) is 0 Å². The third kappa shape index (κ3) is 4.94. The predicted molar refractivity (Wildman–Crippen MR) is 61.9 cm³/mol. The van der Waals surface area contributed by atoms with E-state index >= 15 is 0 Å². The van der Waals surface area contributed by atoms with Gasteiger partial charge in [-0.2, -0.15) is 0 Å². The quantitative estimate of drug-likeness (QED) is 0.681. The molecule has 0 aliphatic carbocycles. The average Bonchev–Trinajstić information content (AvgIpc) is 2.11. The molecule has 0 aliphatic heterocycles. The Bertz CT molecular complexity index is 218. The Balaban J connectivity index is 4.51. The van der Waals surface area contributed by atoms with Gasteiger partial charge in [0, 0.05) is 0 Å². The first kappa shape index (κ1) is 15.4. The molecular formula is C12H24O4. The molecule has 0 heterocycles. The maximum atomic E-state index is 11.8. The number of carbonyl (C=O) groups excluding carboxylic acids is 1. The molecule has 0 aromatic carbocycles. The fourth-order valence-corrected chi connectivity index (χ4v) is 1.41. The summed E-state index contributed by atoms with van der Waals surface area (Å²) < 4.78 is 5.10. The van der Waals surface area contributed by atoms with Crippen LogP contribution in [0.25, 0.3) is 0 Å². The molecule has 0 spiro atoms. The standard InChI is InChI=1S/C12H24O4/c1-6-7-10(12(4,5)15)11(14)16-9(3)8(2)13/h8-10,13,15H,6-7H2,1-5H3. The fourth-order valence-electron chi connectivity index (χ4n) is 1.41. The summed E-state index contributed by atoms with van der Waals surface area (Å²) in [6.07, 6.45) is 0.129. The monoisotopic (exact) mass is 232 g/mol. The van der Waals surface area contributed by atoms with Gasteiger partial charge in [0.15, 0.2) is 0 Å². The molecule has 4 nitrogen and oxygen atoms in total. The number of carbonyl (C=O) groups is 1. The van der Waals surface area contributed by atoms with E-state index in [1.54, 1.807) is 27.7 Å². The SMILES string of the molecule is CCCC(C(=O)OC(C)C(C)O)C(C)(C)O. The van der Waals surface area contributed by atoms with E-state index in [0.29, 0.717) is 6.42 Å². The summed E-state index contributed by atoms with van der Waals surface area (Å²) in [5.41, 5.74) is -1.09. The molecule has 3 atom stereocenters. The van der Waals surface area contributed by atoms with E-state index in [1.165, 1.54) is 0 Å². The number of ether oxygens (including phenoxy) is 1. The van der Waals surface area contributed by atoms with Crippen LogP contribution in [0, 0.1) is 5.92 Å². The van der Waals surface area contributed by atoms with Gasteiger partial charge >= 0.3 is 5.97 Å². The lowest BCUT2D eigenvalue weighted by molar-refractivity contribution is -0.166. The van der Waals surface area contributed by atoms with Crippen LogP contribution >= 0.6 is 0 Å². The third-order valence-electron chi connectivity index (χ3n) is 2.70. The smallest absolute Gasteiger partial charge is 0.312 e. The minimum Gasteiger partial charge on any atom is -0.460 e. The zero-order valence-electron chi connectivity index (χ0n) is 10.9. The molecule has 0 saturated carbocycles. The Morgan fingerprint density at radius 3 is 2.19 bits per heavy atom. The van der Waals surface area contributed by atoms with Crippen LogP contribution in [0.4, 0.5) is 0 Å². The Labute approximate surface area is 97.6 Å². The summed E-state index contributed by atoms with van der Waals surface area (Å²) >= 11 is 0. The highest BCUT2D eigenvalue weighted by Gasteiger charge is 2.34. The highest BCUT2D eigenvalue weighted by atomic mass is 16.6. The second-order valence-electron chi connectivity index (χ2n) is 4.88. The van der Waals surface area contributed by atoms with Gasteiger partial charge in [0.25, 0.3) is 0 Å². The van der Waals surface area contributed by atoms with Crippen molar-refractivity contribution in [3.8, 4) is 0 Å². The molecule has 0 aromatic heterocycles. The number of esters is 1. The molecule has 0 aromatic rings. The van der Waals surface area contributed by atoms with E-state index in [9.17, 15) is 15.0 Å². The van der Waals surface area contributed by atoms with Gasteiger partial charge < -0.3 is 14.9 Å². The van der Waals surface area contributed by atoms with E-state index in [0.717, 1.165) is 6.42 Å². The van der Waals surface area contributed by atoms with E-state index < -0.39 is 29.7 Å². The van der Waals surface area contributed by atoms with Gasteiger partial charge in [-0.05, 0) is 34.1 Å². The molecule has 96 valence electrons. The molecule has 0 fully saturated rings. The molecule has 3 unspecified atom stereocenters. The molecule has 0 radical (unpaired) electrons. The molecule has 16 heavy (non-hydrogen) atoms. The molecule has 0 amide bonds. The van der Waals surface area contributed by atoms with Gasteiger partial charge in [0.05, 0.1) is 17.6 Å².